The molecule has 0 radical (unpaired) electrons. The van der Waals surface area contributed by atoms with Crippen LogP contribution in [0.1, 0.15) is 19.4 Å². The number of amides is 2. The number of nitrogens with two attached hydrogens (primary N) is 1. The van der Waals surface area contributed by atoms with Crippen molar-refractivity contribution in [2.75, 3.05) is 6.54 Å². The summed E-state index contributed by atoms with van der Waals surface area (Å²) in [5.74, 6) is -0.440. The van der Waals surface area contributed by atoms with Crippen LogP contribution in [0.5, 0.6) is 11.6 Å². The van der Waals surface area contributed by atoms with E-state index in [-0.39, 0.29) is 55.6 Å². The highest BCUT2D eigenvalue weighted by Crippen LogP contribution is 2.19. The van der Waals surface area contributed by atoms with Crippen LogP contribution in [-0.2, 0) is 16.1 Å². The Morgan fingerprint density at radius 2 is 1.90 bits per heavy atom. The summed E-state index contributed by atoms with van der Waals surface area (Å²) in [6.45, 7) is 3.77. The van der Waals surface area contributed by atoms with Gasteiger partial charge in [0.2, 0.25) is 17.7 Å². The lowest BCUT2D eigenvalue weighted by Crippen LogP contribution is -2.47. The van der Waals surface area contributed by atoms with Gasteiger partial charge in [-0.25, -0.2) is 9.37 Å². The molecule has 2 rings (SSSR count). The molecule has 1 atom stereocenters. The molecule has 0 unspecified atom stereocenters. The number of hydrogen-bond acceptors (Lipinski definition) is 5. The van der Waals surface area contributed by atoms with Crippen molar-refractivity contribution in [3.63, 3.8) is 0 Å². The Morgan fingerprint density at radius 1 is 1.17 bits per heavy atom. The Labute approximate surface area is 181 Å². The van der Waals surface area contributed by atoms with Gasteiger partial charge in [0.1, 0.15) is 11.6 Å². The molecule has 0 aliphatic carbocycles. The summed E-state index contributed by atoms with van der Waals surface area (Å²) in [4.78, 5) is 27.6. The number of aromatic nitrogens is 1. The molecule has 1 heterocycles. The van der Waals surface area contributed by atoms with Gasteiger partial charge >= 0.3 is 0 Å². The average molecular weight is 447 g/mol. The second-order valence-electron chi connectivity index (χ2n) is 6.33. The van der Waals surface area contributed by atoms with Crippen LogP contribution in [0.4, 0.5) is 4.39 Å². The van der Waals surface area contributed by atoms with Crippen molar-refractivity contribution in [2.24, 2.45) is 11.7 Å². The van der Waals surface area contributed by atoms with E-state index in [1.54, 1.807) is 30.5 Å². The number of ether oxygens (including phenoxy) is 1. The molecule has 0 bridgehead atoms. The van der Waals surface area contributed by atoms with Crippen molar-refractivity contribution >= 4 is 36.6 Å². The molecule has 160 valence electrons. The maximum Gasteiger partial charge on any atom is 0.239 e. The third-order valence-electron chi connectivity index (χ3n) is 3.75. The topological polar surface area (TPSA) is 106 Å². The molecule has 1 aromatic heterocycles. The summed E-state index contributed by atoms with van der Waals surface area (Å²) in [7, 11) is 0. The molecule has 0 aliphatic rings. The van der Waals surface area contributed by atoms with Gasteiger partial charge in [-0.05, 0) is 23.6 Å². The minimum absolute atomic E-state index is 0. The van der Waals surface area contributed by atoms with Gasteiger partial charge in [-0.2, -0.15) is 0 Å². The molecule has 29 heavy (non-hydrogen) atoms. The summed E-state index contributed by atoms with van der Waals surface area (Å²) in [6, 6.07) is 8.46. The summed E-state index contributed by atoms with van der Waals surface area (Å²) < 4.78 is 18.6. The van der Waals surface area contributed by atoms with Crippen LogP contribution < -0.4 is 21.1 Å². The first-order chi connectivity index (χ1) is 12.8. The molecule has 0 saturated heterocycles. The zero-order valence-corrected chi connectivity index (χ0v) is 17.7. The van der Waals surface area contributed by atoms with Crippen molar-refractivity contribution < 1.29 is 18.7 Å². The molecule has 0 fully saturated rings. The Morgan fingerprint density at radius 3 is 2.48 bits per heavy atom. The molecule has 2 aromatic rings. The fourth-order valence-corrected chi connectivity index (χ4v) is 2.08. The minimum Gasteiger partial charge on any atom is -0.439 e. The molecular weight excluding hydrogens is 422 g/mol. The van der Waals surface area contributed by atoms with Crippen LogP contribution in [0.2, 0.25) is 0 Å². The van der Waals surface area contributed by atoms with Gasteiger partial charge in [0.15, 0.2) is 0 Å². The van der Waals surface area contributed by atoms with Crippen LogP contribution in [0.3, 0.4) is 0 Å². The molecule has 10 heteroatoms. The van der Waals surface area contributed by atoms with Crippen molar-refractivity contribution in [1.29, 1.82) is 0 Å². The Balaban J connectivity index is 0.00000392. The molecule has 1 aromatic carbocycles. The standard InChI is InChI=1S/C19H23FN4O3.2ClH/c1-12(2)18(21)19(26)24-11-16(25)22-9-13-6-7-17(23-10-13)27-15-5-3-4-14(20)8-15;;/h3-8,10,12,18H,9,11,21H2,1-2H3,(H,22,25)(H,24,26);2*1H/t18-;;/m0../s1. The molecule has 2 amide bonds. The van der Waals surface area contributed by atoms with Crippen LogP contribution in [-0.4, -0.2) is 29.4 Å². The Kier molecular flexibility index (Phi) is 11.8. The van der Waals surface area contributed by atoms with E-state index >= 15 is 0 Å². The lowest BCUT2D eigenvalue weighted by Gasteiger charge is -2.15. The van der Waals surface area contributed by atoms with E-state index in [0.717, 1.165) is 5.56 Å². The quantitative estimate of drug-likeness (QED) is 0.577. The van der Waals surface area contributed by atoms with Gasteiger partial charge < -0.3 is 21.1 Å². The fraction of sp³-hybridized carbons (Fsp3) is 0.316. The van der Waals surface area contributed by atoms with E-state index in [0.29, 0.717) is 11.6 Å². The lowest BCUT2D eigenvalue weighted by atomic mass is 10.1. The van der Waals surface area contributed by atoms with Crippen molar-refractivity contribution in [2.45, 2.75) is 26.4 Å². The van der Waals surface area contributed by atoms with Crippen molar-refractivity contribution in [3.05, 3.63) is 54.0 Å². The van der Waals surface area contributed by atoms with E-state index in [1.807, 2.05) is 13.8 Å². The number of halogens is 3. The summed E-state index contributed by atoms with van der Waals surface area (Å²) in [5, 5.41) is 5.17. The number of carbonyl (C=O) groups is 2. The predicted octanol–water partition coefficient (Wildman–Crippen LogP) is 2.57. The van der Waals surface area contributed by atoms with Crippen LogP contribution >= 0.6 is 24.8 Å². The molecule has 4 N–H and O–H groups in total. The van der Waals surface area contributed by atoms with Crippen LogP contribution in [0.15, 0.2) is 42.6 Å². The van der Waals surface area contributed by atoms with Crippen molar-refractivity contribution in [1.82, 2.24) is 15.6 Å². The normalized spacial score (nSPS) is 10.9. The average Bonchev–Trinajstić information content (AvgIpc) is 2.64. The van der Waals surface area contributed by atoms with Gasteiger partial charge in [-0.1, -0.05) is 26.0 Å². The number of pyridine rings is 1. The summed E-state index contributed by atoms with van der Waals surface area (Å²) >= 11 is 0. The molecule has 0 aliphatic heterocycles. The second kappa shape index (κ2) is 12.9. The number of nitrogens with zero attached hydrogens (tertiary/aromatic N) is 1. The highest BCUT2D eigenvalue weighted by atomic mass is 35.5. The maximum atomic E-state index is 13.1. The van der Waals surface area contributed by atoms with E-state index < -0.39 is 11.9 Å². The first kappa shape index (κ1) is 26.6. The third-order valence-corrected chi connectivity index (χ3v) is 3.75. The smallest absolute Gasteiger partial charge is 0.239 e. The van der Waals surface area contributed by atoms with Crippen LogP contribution in [0.25, 0.3) is 0 Å². The van der Waals surface area contributed by atoms with Gasteiger partial charge in [-0.15, -0.1) is 24.8 Å². The summed E-state index contributed by atoms with van der Waals surface area (Å²) in [5.41, 5.74) is 6.45. The van der Waals surface area contributed by atoms with E-state index in [4.69, 9.17) is 10.5 Å². The highest BCUT2D eigenvalue weighted by Gasteiger charge is 2.17. The van der Waals surface area contributed by atoms with E-state index in [2.05, 4.69) is 15.6 Å². The monoisotopic (exact) mass is 446 g/mol. The van der Waals surface area contributed by atoms with Gasteiger partial charge in [0.25, 0.3) is 0 Å². The molecule has 0 saturated carbocycles. The number of nitrogens with one attached hydrogen (secondary N) is 2. The molecular formula is C19H25Cl2FN4O3. The largest absolute Gasteiger partial charge is 0.439 e. The van der Waals surface area contributed by atoms with E-state index in [9.17, 15) is 14.0 Å². The van der Waals surface area contributed by atoms with Crippen LogP contribution in [0, 0.1) is 11.7 Å². The number of hydrogen-bond donors (Lipinski definition) is 3. The number of benzene rings is 1. The zero-order chi connectivity index (χ0) is 19.8. The SMILES string of the molecule is CC(C)[C@H](N)C(=O)NCC(=O)NCc1ccc(Oc2cccc(F)c2)nc1.Cl.Cl. The Hall–Kier alpha value is -2.42. The van der Waals surface area contributed by atoms with E-state index in [1.165, 1.54) is 12.1 Å². The third kappa shape index (κ3) is 9.08. The van der Waals surface area contributed by atoms with Gasteiger partial charge in [-0.3, -0.25) is 9.59 Å². The zero-order valence-electron chi connectivity index (χ0n) is 16.1. The minimum atomic E-state index is -0.646. The predicted molar refractivity (Wildman–Crippen MR) is 113 cm³/mol. The fourth-order valence-electron chi connectivity index (χ4n) is 2.08. The van der Waals surface area contributed by atoms with Gasteiger partial charge in [0.05, 0.1) is 12.6 Å². The van der Waals surface area contributed by atoms with Gasteiger partial charge in [0, 0.05) is 24.9 Å². The highest BCUT2D eigenvalue weighted by molar-refractivity contribution is 5.87. The number of carbonyl (C=O) groups excluding carboxylic acids is 2. The maximum absolute atomic E-state index is 13.1. The first-order valence-corrected chi connectivity index (χ1v) is 8.53. The first-order valence-electron chi connectivity index (χ1n) is 8.53. The second-order valence-corrected chi connectivity index (χ2v) is 6.33. The molecule has 0 spiro atoms. The lowest BCUT2D eigenvalue weighted by molar-refractivity contribution is -0.127. The Bertz CT molecular complexity index is 791. The molecule has 7 nitrogen and oxygen atoms in total. The number of rotatable bonds is 8. The van der Waals surface area contributed by atoms with Crippen molar-refractivity contribution in [3.8, 4) is 11.6 Å². The summed E-state index contributed by atoms with van der Waals surface area (Å²) in [6.07, 6.45) is 1.54.